The van der Waals surface area contributed by atoms with E-state index in [2.05, 4.69) is 21.2 Å². The number of fused-ring (bicyclic) bond motifs is 1. The number of carboxylic acids is 1. The minimum Gasteiger partial charge on any atom is -0.496 e. The maximum atomic E-state index is 13.6. The highest BCUT2D eigenvalue weighted by atomic mass is 79.9. The van der Waals surface area contributed by atoms with Crippen molar-refractivity contribution in [2.24, 2.45) is 11.8 Å². The summed E-state index contributed by atoms with van der Waals surface area (Å²) >= 11 is 3.46. The van der Waals surface area contributed by atoms with Gasteiger partial charge in [0.2, 0.25) is 11.8 Å². The molecule has 0 bridgehead atoms. The average Bonchev–Trinajstić information content (AvgIpc) is 3.28. The predicted molar refractivity (Wildman–Crippen MR) is 121 cm³/mol. The van der Waals surface area contributed by atoms with Gasteiger partial charge in [-0.1, -0.05) is 59.6 Å². The van der Waals surface area contributed by atoms with Crippen LogP contribution in [0.5, 0.6) is 5.75 Å². The Balaban J connectivity index is 1.93. The Morgan fingerprint density at radius 2 is 1.91 bits per heavy atom. The maximum Gasteiger partial charge on any atom is 0.329 e. The molecular formula is C24H25BrN2O5. The molecule has 0 saturated carbocycles. The third kappa shape index (κ3) is 3.33. The Kier molecular flexibility index (Phi) is 6.09. The minimum absolute atomic E-state index is 0.286. The van der Waals surface area contributed by atoms with Crippen LogP contribution in [0, 0.1) is 11.8 Å². The Bertz CT molecular complexity index is 1060. The molecule has 0 aromatic heterocycles. The van der Waals surface area contributed by atoms with Crippen LogP contribution in [0.15, 0.2) is 53.0 Å². The van der Waals surface area contributed by atoms with Crippen molar-refractivity contribution < 1.29 is 24.2 Å². The van der Waals surface area contributed by atoms with Gasteiger partial charge in [0.15, 0.2) is 5.54 Å². The molecule has 4 atom stereocenters. The van der Waals surface area contributed by atoms with E-state index in [1.807, 2.05) is 19.1 Å². The van der Waals surface area contributed by atoms with Gasteiger partial charge in [-0.2, -0.15) is 0 Å². The van der Waals surface area contributed by atoms with Crippen LogP contribution in [-0.4, -0.2) is 41.4 Å². The van der Waals surface area contributed by atoms with Crippen molar-refractivity contribution in [1.82, 2.24) is 10.2 Å². The molecule has 32 heavy (non-hydrogen) atoms. The number of halogens is 1. The number of methoxy groups -OCH3 is 1. The lowest BCUT2D eigenvalue weighted by Crippen LogP contribution is -2.53. The Morgan fingerprint density at radius 1 is 1.19 bits per heavy atom. The number of rotatable bonds is 7. The molecule has 8 heteroatoms. The van der Waals surface area contributed by atoms with Crippen molar-refractivity contribution in [3.8, 4) is 5.75 Å². The van der Waals surface area contributed by atoms with Gasteiger partial charge in [0, 0.05) is 22.6 Å². The zero-order valence-electron chi connectivity index (χ0n) is 17.9. The zero-order chi connectivity index (χ0) is 23.0. The summed E-state index contributed by atoms with van der Waals surface area (Å²) in [5, 5.41) is 13.7. The van der Waals surface area contributed by atoms with Crippen LogP contribution in [0.2, 0.25) is 0 Å². The number of unbranched alkanes of at least 4 members (excludes halogenated alkanes) is 1. The first-order chi connectivity index (χ1) is 15.4. The predicted octanol–water partition coefficient (Wildman–Crippen LogP) is 3.48. The molecule has 2 aliphatic rings. The lowest BCUT2D eigenvalue weighted by Gasteiger charge is -2.32. The van der Waals surface area contributed by atoms with E-state index in [1.165, 1.54) is 12.0 Å². The van der Waals surface area contributed by atoms with Gasteiger partial charge in [0.05, 0.1) is 18.9 Å². The Labute approximate surface area is 194 Å². The highest BCUT2D eigenvalue weighted by Gasteiger charge is 2.69. The molecule has 4 unspecified atom stereocenters. The Hall–Kier alpha value is -2.71. The lowest BCUT2D eigenvalue weighted by atomic mass is 9.75. The van der Waals surface area contributed by atoms with E-state index in [0.29, 0.717) is 23.3 Å². The molecule has 0 radical (unpaired) electrons. The summed E-state index contributed by atoms with van der Waals surface area (Å²) in [5.41, 5.74) is -0.663. The fraction of sp³-hybridized carbons (Fsp3) is 0.375. The van der Waals surface area contributed by atoms with Crippen molar-refractivity contribution in [3.63, 3.8) is 0 Å². The molecule has 0 aliphatic carbocycles. The number of likely N-dealkylation sites (tertiary alicyclic amines) is 1. The summed E-state index contributed by atoms with van der Waals surface area (Å²) in [5.74, 6) is -3.38. The third-order valence-corrected chi connectivity index (χ3v) is 6.97. The molecule has 2 fully saturated rings. The van der Waals surface area contributed by atoms with Gasteiger partial charge in [-0.15, -0.1) is 0 Å². The molecule has 7 nitrogen and oxygen atoms in total. The van der Waals surface area contributed by atoms with Gasteiger partial charge in [-0.05, 0) is 30.2 Å². The van der Waals surface area contributed by atoms with Gasteiger partial charge in [0.25, 0.3) is 0 Å². The number of nitrogens with zero attached hydrogens (tertiary/aromatic N) is 1. The van der Waals surface area contributed by atoms with Gasteiger partial charge in [0.1, 0.15) is 5.75 Å². The quantitative estimate of drug-likeness (QED) is 0.565. The van der Waals surface area contributed by atoms with Crippen LogP contribution < -0.4 is 10.1 Å². The van der Waals surface area contributed by atoms with Crippen LogP contribution in [0.25, 0.3) is 0 Å². The molecule has 2 aliphatic heterocycles. The van der Waals surface area contributed by atoms with Crippen molar-refractivity contribution in [2.75, 3.05) is 13.7 Å². The van der Waals surface area contributed by atoms with Crippen LogP contribution in [0.1, 0.15) is 36.9 Å². The first-order valence-corrected chi connectivity index (χ1v) is 11.4. The summed E-state index contributed by atoms with van der Waals surface area (Å²) in [6.07, 6.45) is 1.48. The second-order valence-electron chi connectivity index (χ2n) is 8.17. The molecule has 0 spiro atoms. The number of carbonyl (C=O) groups is 3. The number of benzene rings is 2. The minimum atomic E-state index is -1.74. The standard InChI is InChI=1S/C24H25BrN2O5/c1-3-4-12-27-21(28)18-19(22(27)29)24(23(30)31,14-8-6-5-7-9-14)26-20(18)16-13-15(25)10-11-17(16)32-2/h5-11,13,18-20,26H,3-4,12H2,1-2H3,(H,30,31). The molecule has 2 saturated heterocycles. The molecule has 2 aromatic carbocycles. The number of carbonyl (C=O) groups excluding carboxylic acids is 2. The topological polar surface area (TPSA) is 95.9 Å². The molecule has 2 heterocycles. The Morgan fingerprint density at radius 3 is 2.53 bits per heavy atom. The molecule has 4 rings (SSSR count). The van der Waals surface area contributed by atoms with Crippen LogP contribution in [0.3, 0.4) is 0 Å². The van der Waals surface area contributed by atoms with Crippen LogP contribution in [-0.2, 0) is 19.9 Å². The van der Waals surface area contributed by atoms with Gasteiger partial charge in [-0.25, -0.2) is 4.79 Å². The number of carboxylic acid groups (broad SMARTS) is 1. The SMILES string of the molecule is CCCCN1C(=O)C2C(c3cc(Br)ccc3OC)NC(C(=O)O)(c3ccccc3)C2C1=O. The van der Waals surface area contributed by atoms with Crippen LogP contribution in [0.4, 0.5) is 0 Å². The number of nitrogens with one attached hydrogen (secondary N) is 1. The van der Waals surface area contributed by atoms with Crippen LogP contribution >= 0.6 is 15.9 Å². The lowest BCUT2D eigenvalue weighted by molar-refractivity contribution is -0.152. The molecule has 168 valence electrons. The molecule has 2 aromatic rings. The number of amides is 2. The van der Waals surface area contributed by atoms with E-state index in [9.17, 15) is 19.5 Å². The van der Waals surface area contributed by atoms with E-state index in [-0.39, 0.29) is 12.5 Å². The normalized spacial score (nSPS) is 27.0. The smallest absolute Gasteiger partial charge is 0.329 e. The summed E-state index contributed by atoms with van der Waals surface area (Å²) in [6, 6.07) is 13.3. The van der Waals surface area contributed by atoms with Gasteiger partial charge >= 0.3 is 5.97 Å². The number of ether oxygens (including phenoxy) is 1. The van der Waals surface area contributed by atoms with Crippen molar-refractivity contribution in [3.05, 3.63) is 64.1 Å². The van der Waals surface area contributed by atoms with Crippen molar-refractivity contribution in [2.45, 2.75) is 31.3 Å². The number of hydrogen-bond acceptors (Lipinski definition) is 5. The maximum absolute atomic E-state index is 13.6. The highest BCUT2D eigenvalue weighted by molar-refractivity contribution is 9.10. The second kappa shape index (κ2) is 8.67. The van der Waals surface area contributed by atoms with E-state index >= 15 is 0 Å². The molecule has 2 N–H and O–H groups in total. The summed E-state index contributed by atoms with van der Waals surface area (Å²) in [7, 11) is 1.52. The fourth-order valence-corrected chi connectivity index (χ4v) is 5.38. The number of imide groups is 1. The number of aliphatic carboxylic acids is 1. The van der Waals surface area contributed by atoms with Gasteiger partial charge in [-0.3, -0.25) is 19.8 Å². The third-order valence-electron chi connectivity index (χ3n) is 6.48. The van der Waals surface area contributed by atoms with E-state index in [1.54, 1.807) is 36.4 Å². The second-order valence-corrected chi connectivity index (χ2v) is 9.09. The average molecular weight is 501 g/mol. The molecule has 2 amide bonds. The monoisotopic (exact) mass is 500 g/mol. The highest BCUT2D eigenvalue weighted by Crippen LogP contribution is 2.54. The van der Waals surface area contributed by atoms with E-state index in [4.69, 9.17) is 4.74 Å². The van der Waals surface area contributed by atoms with Crippen molar-refractivity contribution >= 4 is 33.7 Å². The number of hydrogen-bond donors (Lipinski definition) is 2. The first kappa shape index (κ1) is 22.5. The van der Waals surface area contributed by atoms with E-state index < -0.39 is 35.3 Å². The summed E-state index contributed by atoms with van der Waals surface area (Å²) in [4.78, 5) is 41.2. The first-order valence-electron chi connectivity index (χ1n) is 10.6. The largest absolute Gasteiger partial charge is 0.496 e. The molecular weight excluding hydrogens is 476 g/mol. The zero-order valence-corrected chi connectivity index (χ0v) is 19.5. The van der Waals surface area contributed by atoms with Crippen molar-refractivity contribution in [1.29, 1.82) is 0 Å². The summed E-state index contributed by atoms with van der Waals surface area (Å²) < 4.78 is 6.29. The van der Waals surface area contributed by atoms with Gasteiger partial charge < -0.3 is 9.84 Å². The fourth-order valence-electron chi connectivity index (χ4n) is 5.01. The van der Waals surface area contributed by atoms with E-state index in [0.717, 1.165) is 10.9 Å². The summed E-state index contributed by atoms with van der Waals surface area (Å²) in [6.45, 7) is 2.27.